The van der Waals surface area contributed by atoms with Crippen LogP contribution < -0.4 is 53.4 Å². The molecule has 4 bridgehead atoms. The summed E-state index contributed by atoms with van der Waals surface area (Å²) < 4.78 is 6.25. The first-order valence-electron chi connectivity index (χ1n) is 29.2. The number of carbonyl (C=O) groups excluding carboxylic acids is 12. The average molecular weight is 1280 g/mol. The van der Waals surface area contributed by atoms with Crippen LogP contribution in [0.4, 0.5) is 0 Å². The van der Waals surface area contributed by atoms with Crippen LogP contribution in [0.1, 0.15) is 115 Å². The van der Waals surface area contributed by atoms with Crippen molar-refractivity contribution < 1.29 is 76.9 Å². The zero-order valence-corrected chi connectivity index (χ0v) is 52.3. The maximum Gasteiger partial charge on any atom is 0.344 e. The van der Waals surface area contributed by atoms with E-state index in [-0.39, 0.29) is 69.1 Å². The third-order valence-corrected chi connectivity index (χ3v) is 17.8. The Balaban J connectivity index is 1.57. The number of amides is 11. The van der Waals surface area contributed by atoms with E-state index in [1.807, 2.05) is 18.2 Å². The van der Waals surface area contributed by atoms with Gasteiger partial charge in [-0.05, 0) is 112 Å². The van der Waals surface area contributed by atoms with Gasteiger partial charge in [0.15, 0.2) is 0 Å². The van der Waals surface area contributed by atoms with Crippen molar-refractivity contribution in [1.29, 1.82) is 0 Å². The number of nitrogens with one attached hydrogen (secondary N) is 7. The van der Waals surface area contributed by atoms with Crippen LogP contribution in [0.5, 0.6) is 5.75 Å². The maximum absolute atomic E-state index is 15.0. The molecule has 0 saturated carbocycles. The van der Waals surface area contributed by atoms with E-state index in [9.17, 15) is 52.7 Å². The Morgan fingerprint density at radius 3 is 1.94 bits per heavy atom. The Labute approximate surface area is 518 Å². The maximum atomic E-state index is 15.0. The van der Waals surface area contributed by atoms with Gasteiger partial charge in [0.05, 0.1) is 20.1 Å². The van der Waals surface area contributed by atoms with E-state index in [1.165, 1.54) is 52.0 Å². The summed E-state index contributed by atoms with van der Waals surface area (Å²) in [6, 6.07) is -6.19. The molecule has 5 rings (SSSR count). The first kappa shape index (κ1) is 70.9. The van der Waals surface area contributed by atoms with Gasteiger partial charge in [-0.3, -0.25) is 57.6 Å². The zero-order valence-electron chi connectivity index (χ0n) is 49.9. The molecule has 0 spiro atoms. The Hall–Kier alpha value is -6.86. The highest BCUT2D eigenvalue weighted by Crippen LogP contribution is 2.28. The SMILES string of the molecule is CC[C@H](C)[C@@H]1NC(=O)[C@H](CC(=O)OOC)NC(=O)[C@H](CCSC)NC(=O)[C@@H]2CCCN2C(=O)[C@@H]2CSCc3cc(cc(c3)OCCCCCCO/N=C/C(=O)N[C@@H](CCC(N)=O)C(=O)N2)CSC[C@@H](C(N)=O)NC(=O)[C@H](C)NC(=O)[C@@H]2CCCN2C1=O. The fourth-order valence-corrected chi connectivity index (χ4v) is 12.5. The van der Waals surface area contributed by atoms with Crippen molar-refractivity contribution in [2.75, 3.05) is 56.9 Å². The van der Waals surface area contributed by atoms with E-state index in [2.05, 4.69) is 52.1 Å². The van der Waals surface area contributed by atoms with Crippen LogP contribution in [-0.4, -0.2) is 198 Å². The molecule has 0 radical (unpaired) electrons. The molecular formula is C56H84N12O16S3. The summed E-state index contributed by atoms with van der Waals surface area (Å²) in [5.41, 5.74) is 12.8. The number of hydrogen-bond donors (Lipinski definition) is 9. The van der Waals surface area contributed by atoms with Gasteiger partial charge in [-0.1, -0.05) is 31.5 Å². The summed E-state index contributed by atoms with van der Waals surface area (Å²) in [4.78, 5) is 183. The number of fused-ring (bicyclic) bond motifs is 7. The largest absolute Gasteiger partial charge is 0.494 e. The van der Waals surface area contributed by atoms with Crippen LogP contribution in [0.15, 0.2) is 23.4 Å². The monoisotopic (exact) mass is 1280 g/mol. The van der Waals surface area contributed by atoms with Crippen molar-refractivity contribution >= 4 is 112 Å². The summed E-state index contributed by atoms with van der Waals surface area (Å²) in [5, 5.41) is 22.3. The smallest absolute Gasteiger partial charge is 0.344 e. The van der Waals surface area contributed by atoms with Crippen molar-refractivity contribution in [3.05, 3.63) is 29.3 Å². The minimum atomic E-state index is -1.72. The predicted molar refractivity (Wildman–Crippen MR) is 324 cm³/mol. The number of nitrogens with two attached hydrogens (primary N) is 2. The van der Waals surface area contributed by atoms with Crippen LogP contribution in [0.2, 0.25) is 0 Å². The molecule has 4 aliphatic rings. The van der Waals surface area contributed by atoms with Crippen molar-refractivity contribution in [3.8, 4) is 5.75 Å². The van der Waals surface area contributed by atoms with E-state index >= 15 is 4.79 Å². The summed E-state index contributed by atoms with van der Waals surface area (Å²) >= 11 is 3.89. The molecule has 11 amide bonds. The molecule has 2 fully saturated rings. The van der Waals surface area contributed by atoms with E-state index < -0.39 is 138 Å². The number of rotatable bonds is 12. The lowest BCUT2D eigenvalue weighted by atomic mass is 9.96. The van der Waals surface area contributed by atoms with Crippen molar-refractivity contribution in [2.45, 2.75) is 170 Å². The van der Waals surface area contributed by atoms with Crippen LogP contribution in [0.3, 0.4) is 0 Å². The summed E-state index contributed by atoms with van der Waals surface area (Å²) in [5.74, 6) is -8.95. The van der Waals surface area contributed by atoms with Crippen molar-refractivity contribution in [1.82, 2.24) is 47.0 Å². The summed E-state index contributed by atoms with van der Waals surface area (Å²) in [6.07, 6.45) is 5.50. The fraction of sp³-hybridized carbons (Fsp3) is 0.661. The third kappa shape index (κ3) is 22.7. The minimum absolute atomic E-state index is 0.00582. The highest BCUT2D eigenvalue weighted by atomic mass is 32.2. The lowest BCUT2D eigenvalue weighted by Crippen LogP contribution is -2.61. The Bertz CT molecular complexity index is 2640. The molecular weight excluding hydrogens is 1190 g/mol. The van der Waals surface area contributed by atoms with Gasteiger partial charge in [0.2, 0.25) is 59.1 Å². The Kier molecular flexibility index (Phi) is 29.7. The zero-order chi connectivity index (χ0) is 63.6. The fourth-order valence-electron chi connectivity index (χ4n) is 10.1. The Morgan fingerprint density at radius 2 is 1.31 bits per heavy atom. The molecule has 28 nitrogen and oxygen atoms in total. The number of ether oxygens (including phenoxy) is 1. The number of thioether (sulfide) groups is 3. The van der Waals surface area contributed by atoms with E-state index in [1.54, 1.807) is 20.1 Å². The lowest BCUT2D eigenvalue weighted by molar-refractivity contribution is -0.255. The number of carbonyl (C=O) groups is 12. The molecule has 0 aromatic heterocycles. The first-order chi connectivity index (χ1) is 41.6. The molecule has 10 atom stereocenters. The second-order valence-electron chi connectivity index (χ2n) is 21.6. The number of hydrogen-bond acceptors (Lipinski definition) is 20. The molecule has 0 aliphatic carbocycles. The van der Waals surface area contributed by atoms with Crippen LogP contribution in [0, 0.1) is 5.92 Å². The molecule has 482 valence electrons. The molecule has 0 unspecified atom stereocenters. The number of nitrogens with zero attached hydrogens (tertiary/aromatic N) is 3. The van der Waals surface area contributed by atoms with Gasteiger partial charge in [0.25, 0.3) is 5.91 Å². The molecule has 31 heteroatoms. The average Bonchev–Trinajstić information content (AvgIpc) is 2.60. The molecule has 1 aromatic carbocycles. The summed E-state index contributed by atoms with van der Waals surface area (Å²) in [6.45, 7) is 5.59. The van der Waals surface area contributed by atoms with E-state index in [0.717, 1.165) is 37.3 Å². The van der Waals surface area contributed by atoms with Crippen molar-refractivity contribution in [3.63, 3.8) is 0 Å². The highest BCUT2D eigenvalue weighted by Gasteiger charge is 2.43. The molecule has 1 aromatic rings. The highest BCUT2D eigenvalue weighted by molar-refractivity contribution is 7.99. The Morgan fingerprint density at radius 1 is 0.713 bits per heavy atom. The molecule has 2 saturated heterocycles. The van der Waals surface area contributed by atoms with Crippen molar-refractivity contribution in [2.24, 2.45) is 22.5 Å². The molecule has 4 aliphatic heterocycles. The second kappa shape index (κ2) is 36.4. The number of oxime groups is 1. The second-order valence-corrected chi connectivity index (χ2v) is 24.7. The molecule has 4 heterocycles. The van der Waals surface area contributed by atoms with Gasteiger partial charge < -0.3 is 68.1 Å². The quantitative estimate of drug-likeness (QED) is 0.0946. The van der Waals surface area contributed by atoms with Gasteiger partial charge in [0.1, 0.15) is 72.9 Å². The molecule has 11 N–H and O–H groups in total. The topological polar surface area (TPSA) is 397 Å². The van der Waals surface area contributed by atoms with Crippen LogP contribution in [-0.2, 0) is 83.7 Å². The predicted octanol–water partition coefficient (Wildman–Crippen LogP) is -0.438. The van der Waals surface area contributed by atoms with Crippen LogP contribution in [0.25, 0.3) is 0 Å². The first-order valence-corrected chi connectivity index (χ1v) is 32.9. The standard InChI is InChI=1S/C56H84N12O16S3/c1-6-32(2)47-56(80)68-19-12-13-42(68)53(77)60-33(3)49(73)64-40(48(58)72)30-86-28-34-23-35-25-36(24-34)82-20-9-7-8-10-21-83-59-27-45(70)61-37(15-16-44(57)69)50(74)65-41(31-87-29-35)55(79)67-18-11-14-43(67)54(78)62-38(17-22-85-5)51(75)63-39(52(76)66-47)26-46(71)84-81-4/h23-25,27,32-33,37-43,47H,6-22,26,28-31H2,1-5H3,(H2,57,69)(H2,58,72)(H,60,77)(H,61,70)(H,62,78)(H,63,75)(H,64,73)(H,65,74)(H,66,76)/b59-27+/t32-,33-,37-,38-,39-,40-,41-,42-,43-,47-/m0/s1. The third-order valence-electron chi connectivity index (χ3n) is 15.0. The van der Waals surface area contributed by atoms with E-state index in [0.29, 0.717) is 56.0 Å². The number of benzene rings is 1. The minimum Gasteiger partial charge on any atom is -0.494 e. The van der Waals surface area contributed by atoms with Gasteiger partial charge in [-0.15, -0.1) is 0 Å². The van der Waals surface area contributed by atoms with Gasteiger partial charge >= 0.3 is 5.97 Å². The molecule has 87 heavy (non-hydrogen) atoms. The summed E-state index contributed by atoms with van der Waals surface area (Å²) in [7, 11) is 1.06. The van der Waals surface area contributed by atoms with Gasteiger partial charge in [0, 0.05) is 42.5 Å². The lowest BCUT2D eigenvalue weighted by Gasteiger charge is -2.33. The number of primary amides is 2. The van der Waals surface area contributed by atoms with Crippen LogP contribution >= 0.6 is 35.3 Å². The van der Waals surface area contributed by atoms with Gasteiger partial charge in [-0.25, -0.2) is 4.79 Å². The van der Waals surface area contributed by atoms with Gasteiger partial charge in [-0.2, -0.15) is 40.2 Å². The van der Waals surface area contributed by atoms with E-state index in [4.69, 9.17) is 21.0 Å². The normalized spacial score (nSPS) is 26.9.